The fraction of sp³-hybridized carbons (Fsp3) is 0.667. The first-order chi connectivity index (χ1) is 13.2. The summed E-state index contributed by atoms with van der Waals surface area (Å²) in [6.07, 6.45) is 5.86. The van der Waals surface area contributed by atoms with Crippen molar-refractivity contribution in [1.82, 2.24) is 15.5 Å². The summed E-state index contributed by atoms with van der Waals surface area (Å²) in [5.74, 6) is 2.55. The zero-order valence-electron chi connectivity index (χ0n) is 17.6. The van der Waals surface area contributed by atoms with Crippen molar-refractivity contribution in [1.29, 1.82) is 0 Å². The summed E-state index contributed by atoms with van der Waals surface area (Å²) in [6, 6.07) is 8.22. The summed E-state index contributed by atoms with van der Waals surface area (Å²) in [7, 11) is 3.50. The van der Waals surface area contributed by atoms with E-state index in [1.165, 1.54) is 45.3 Å². The fourth-order valence-corrected chi connectivity index (χ4v) is 3.23. The Bertz CT molecular complexity index is 563. The summed E-state index contributed by atoms with van der Waals surface area (Å²) in [5, 5.41) is 6.95. The Kier molecular flexibility index (Phi) is 13.1. The summed E-state index contributed by atoms with van der Waals surface area (Å²) >= 11 is 0. The number of rotatable bonds is 10. The van der Waals surface area contributed by atoms with Gasteiger partial charge in [-0.3, -0.25) is 4.99 Å². The Morgan fingerprint density at radius 3 is 2.64 bits per heavy atom. The molecule has 0 saturated carbocycles. The fourth-order valence-electron chi connectivity index (χ4n) is 3.23. The van der Waals surface area contributed by atoms with Crippen LogP contribution in [0.15, 0.2) is 29.3 Å². The van der Waals surface area contributed by atoms with Crippen molar-refractivity contribution in [3.8, 4) is 11.5 Å². The minimum Gasteiger partial charge on any atom is -0.497 e. The monoisotopic (exact) mass is 504 g/mol. The highest BCUT2D eigenvalue weighted by molar-refractivity contribution is 14.0. The third-order valence-electron chi connectivity index (χ3n) is 4.90. The molecule has 1 aliphatic rings. The molecule has 6 nitrogen and oxygen atoms in total. The van der Waals surface area contributed by atoms with E-state index in [1.807, 2.05) is 31.3 Å². The second kappa shape index (κ2) is 14.7. The predicted octanol–water partition coefficient (Wildman–Crippen LogP) is 3.51. The number of ether oxygens (including phenoxy) is 2. The molecule has 0 aliphatic carbocycles. The zero-order valence-corrected chi connectivity index (χ0v) is 19.9. The third kappa shape index (κ3) is 9.32. The average Bonchev–Trinajstić information content (AvgIpc) is 2.72. The second-order valence-electron chi connectivity index (χ2n) is 6.99. The summed E-state index contributed by atoms with van der Waals surface area (Å²) in [5.41, 5.74) is 0. The van der Waals surface area contributed by atoms with Gasteiger partial charge < -0.3 is 25.0 Å². The lowest BCUT2D eigenvalue weighted by atomic mass is 10.0. The molecule has 1 saturated heterocycles. The molecule has 0 aromatic heterocycles. The number of guanidine groups is 1. The molecule has 0 spiro atoms. The number of piperidine rings is 1. The topological polar surface area (TPSA) is 58.1 Å². The van der Waals surface area contributed by atoms with E-state index in [0.717, 1.165) is 30.4 Å². The standard InChI is InChI=1S/C21H36N4O2.HI/c1-4-5-13-25-14-10-18(11-15-25)24-21(22-2)23-12-7-16-27-20-9-6-8-19(17-20)26-3;/h6,8-9,17-18H,4-5,7,10-16H2,1-3H3,(H2,22,23,24);1H. The second-order valence-corrected chi connectivity index (χ2v) is 6.99. The van der Waals surface area contributed by atoms with Crippen LogP contribution in [0.4, 0.5) is 0 Å². The first-order valence-corrected chi connectivity index (χ1v) is 10.2. The van der Waals surface area contributed by atoms with Crippen molar-refractivity contribution in [3.05, 3.63) is 24.3 Å². The maximum atomic E-state index is 5.77. The number of methoxy groups -OCH3 is 1. The van der Waals surface area contributed by atoms with E-state index >= 15 is 0 Å². The maximum absolute atomic E-state index is 5.77. The summed E-state index contributed by atoms with van der Waals surface area (Å²) < 4.78 is 11.0. The van der Waals surface area contributed by atoms with Crippen molar-refractivity contribution in [2.45, 2.75) is 45.1 Å². The molecule has 0 amide bonds. The Morgan fingerprint density at radius 2 is 1.96 bits per heavy atom. The first kappa shape index (κ1) is 24.8. The molecule has 1 aromatic rings. The van der Waals surface area contributed by atoms with E-state index in [9.17, 15) is 0 Å². The van der Waals surface area contributed by atoms with E-state index < -0.39 is 0 Å². The molecule has 0 bridgehead atoms. The zero-order chi connectivity index (χ0) is 19.3. The molecule has 2 N–H and O–H groups in total. The number of hydrogen-bond acceptors (Lipinski definition) is 4. The van der Waals surface area contributed by atoms with Crippen LogP contribution in [0.2, 0.25) is 0 Å². The molecule has 1 aliphatic heterocycles. The van der Waals surface area contributed by atoms with E-state index in [4.69, 9.17) is 9.47 Å². The number of nitrogens with one attached hydrogen (secondary N) is 2. The lowest BCUT2D eigenvalue weighted by Gasteiger charge is -2.33. The maximum Gasteiger partial charge on any atom is 0.191 e. The van der Waals surface area contributed by atoms with Gasteiger partial charge in [0.15, 0.2) is 5.96 Å². The van der Waals surface area contributed by atoms with Crippen molar-refractivity contribution in [2.75, 3.05) is 46.9 Å². The van der Waals surface area contributed by atoms with Gasteiger partial charge in [-0.2, -0.15) is 0 Å². The number of aliphatic imine (C=N–C) groups is 1. The molecule has 0 radical (unpaired) electrons. The first-order valence-electron chi connectivity index (χ1n) is 10.2. The van der Waals surface area contributed by atoms with Crippen LogP contribution in [0.3, 0.4) is 0 Å². The number of benzene rings is 1. The number of hydrogen-bond donors (Lipinski definition) is 2. The van der Waals surface area contributed by atoms with Gasteiger partial charge >= 0.3 is 0 Å². The average molecular weight is 504 g/mol. The Labute approximate surface area is 187 Å². The van der Waals surface area contributed by atoms with Crippen LogP contribution in [0.1, 0.15) is 39.0 Å². The smallest absolute Gasteiger partial charge is 0.191 e. The Morgan fingerprint density at radius 1 is 1.21 bits per heavy atom. The molecule has 0 atom stereocenters. The normalized spacial score (nSPS) is 15.6. The molecule has 1 aromatic carbocycles. The van der Waals surface area contributed by atoms with Gasteiger partial charge in [0.25, 0.3) is 0 Å². The SMILES string of the molecule is CCCCN1CCC(NC(=NC)NCCCOc2cccc(OC)c2)CC1.I. The van der Waals surface area contributed by atoms with Crippen LogP contribution < -0.4 is 20.1 Å². The summed E-state index contributed by atoms with van der Waals surface area (Å²) in [6.45, 7) is 7.35. The van der Waals surface area contributed by atoms with Crippen LogP contribution >= 0.6 is 24.0 Å². The molecule has 28 heavy (non-hydrogen) atoms. The van der Waals surface area contributed by atoms with Crippen LogP contribution in [0.5, 0.6) is 11.5 Å². The van der Waals surface area contributed by atoms with Gasteiger partial charge in [0.1, 0.15) is 11.5 Å². The van der Waals surface area contributed by atoms with Crippen LogP contribution in [0.25, 0.3) is 0 Å². The summed E-state index contributed by atoms with van der Waals surface area (Å²) in [4.78, 5) is 6.93. The highest BCUT2D eigenvalue weighted by Gasteiger charge is 2.19. The van der Waals surface area contributed by atoms with Gasteiger partial charge in [-0.25, -0.2) is 0 Å². The largest absolute Gasteiger partial charge is 0.497 e. The van der Waals surface area contributed by atoms with Crippen molar-refractivity contribution in [3.63, 3.8) is 0 Å². The van der Waals surface area contributed by atoms with Crippen LogP contribution in [0, 0.1) is 0 Å². The molecule has 7 heteroatoms. The van der Waals surface area contributed by atoms with Crippen LogP contribution in [-0.2, 0) is 0 Å². The Hall–Kier alpha value is -1.22. The number of halogens is 1. The lowest BCUT2D eigenvalue weighted by Crippen LogP contribution is -2.49. The highest BCUT2D eigenvalue weighted by atomic mass is 127. The van der Waals surface area contributed by atoms with E-state index in [1.54, 1.807) is 7.11 Å². The van der Waals surface area contributed by atoms with Gasteiger partial charge in [-0.1, -0.05) is 19.4 Å². The van der Waals surface area contributed by atoms with Crippen molar-refractivity contribution in [2.24, 2.45) is 4.99 Å². The van der Waals surface area contributed by atoms with E-state index in [-0.39, 0.29) is 24.0 Å². The van der Waals surface area contributed by atoms with Gasteiger partial charge in [0.2, 0.25) is 0 Å². The number of nitrogens with zero attached hydrogens (tertiary/aromatic N) is 2. The number of unbranched alkanes of at least 4 members (excludes halogenated alkanes) is 1. The predicted molar refractivity (Wildman–Crippen MR) is 127 cm³/mol. The minimum absolute atomic E-state index is 0. The molecule has 1 heterocycles. The van der Waals surface area contributed by atoms with Gasteiger partial charge in [-0.15, -0.1) is 24.0 Å². The Balaban J connectivity index is 0.00000392. The van der Waals surface area contributed by atoms with E-state index in [0.29, 0.717) is 12.6 Å². The van der Waals surface area contributed by atoms with Crippen LogP contribution in [-0.4, -0.2) is 63.8 Å². The quantitative estimate of drug-likeness (QED) is 0.221. The molecule has 160 valence electrons. The van der Waals surface area contributed by atoms with Crippen molar-refractivity contribution >= 4 is 29.9 Å². The third-order valence-corrected chi connectivity index (χ3v) is 4.90. The highest BCUT2D eigenvalue weighted by Crippen LogP contribution is 2.18. The molecular weight excluding hydrogens is 467 g/mol. The van der Waals surface area contributed by atoms with E-state index in [2.05, 4.69) is 27.4 Å². The lowest BCUT2D eigenvalue weighted by molar-refractivity contribution is 0.203. The van der Waals surface area contributed by atoms with Crippen molar-refractivity contribution < 1.29 is 9.47 Å². The minimum atomic E-state index is 0. The van der Waals surface area contributed by atoms with Gasteiger partial charge in [-0.05, 0) is 44.4 Å². The molecule has 2 rings (SSSR count). The molecule has 1 fully saturated rings. The molecule has 0 unspecified atom stereocenters. The molecular formula is C21H37IN4O2. The van der Waals surface area contributed by atoms with Gasteiger partial charge in [0.05, 0.1) is 13.7 Å². The number of likely N-dealkylation sites (tertiary alicyclic amines) is 1. The van der Waals surface area contributed by atoms with Gasteiger partial charge in [0, 0.05) is 38.8 Å².